The molecule has 0 saturated heterocycles. The molecule has 3 aromatic rings. The minimum Gasteiger partial charge on any atom is -0.481 e. The van der Waals surface area contributed by atoms with Crippen LogP contribution in [0.15, 0.2) is 18.3 Å². The first-order valence-corrected chi connectivity index (χ1v) is 10.1. The minimum absolute atomic E-state index is 0.0477. The van der Waals surface area contributed by atoms with E-state index in [1.165, 1.54) is 6.07 Å². The van der Waals surface area contributed by atoms with E-state index in [-0.39, 0.29) is 40.3 Å². The van der Waals surface area contributed by atoms with E-state index < -0.39 is 29.6 Å². The SMILES string of the molecule is N#Cc1cc(F)c(NC2C3CCC(CC3)[C@H]2C(=O)O)nc1-c1[nH]nc2ncc(F)cc12. The Labute approximate surface area is 175 Å². The molecule has 31 heavy (non-hydrogen) atoms. The average Bonchev–Trinajstić information content (AvgIpc) is 3.18. The molecular weight excluding hydrogens is 406 g/mol. The van der Waals surface area contributed by atoms with E-state index in [1.54, 1.807) is 0 Å². The number of aromatic amines is 1. The lowest BCUT2D eigenvalue weighted by Gasteiger charge is -2.47. The second-order valence-corrected chi connectivity index (χ2v) is 8.16. The van der Waals surface area contributed by atoms with Gasteiger partial charge >= 0.3 is 5.97 Å². The van der Waals surface area contributed by atoms with Crippen LogP contribution in [-0.2, 0) is 4.79 Å². The first-order valence-electron chi connectivity index (χ1n) is 10.1. The molecule has 3 N–H and O–H groups in total. The molecule has 3 aliphatic carbocycles. The molecule has 0 radical (unpaired) electrons. The van der Waals surface area contributed by atoms with E-state index in [0.717, 1.165) is 37.9 Å². The standard InChI is InChI=1S/C21H18F2N6O2/c22-12-6-13-18(28-29-19(13)25-8-12)17-11(7-24)5-14(23)20(27-17)26-16-10-3-1-9(2-4-10)15(16)21(30)31/h5-6,8-10,15-16H,1-4H2,(H,26,27)(H,30,31)(H,25,28,29)/t9?,10?,15-,16?/m1/s1. The summed E-state index contributed by atoms with van der Waals surface area (Å²) in [7, 11) is 0. The Balaban J connectivity index is 1.58. The number of aromatic nitrogens is 4. The number of halogens is 2. The van der Waals surface area contributed by atoms with E-state index in [2.05, 4.69) is 25.5 Å². The van der Waals surface area contributed by atoms with Crippen LogP contribution in [0.1, 0.15) is 31.2 Å². The van der Waals surface area contributed by atoms with Crippen molar-refractivity contribution in [2.45, 2.75) is 31.7 Å². The molecule has 6 rings (SSSR count). The molecule has 3 heterocycles. The van der Waals surface area contributed by atoms with Gasteiger partial charge in [0.1, 0.15) is 17.6 Å². The van der Waals surface area contributed by atoms with Crippen LogP contribution in [0.5, 0.6) is 0 Å². The number of aliphatic carboxylic acids is 1. The van der Waals surface area contributed by atoms with Crippen molar-refractivity contribution in [3.63, 3.8) is 0 Å². The third-order valence-corrected chi connectivity index (χ3v) is 6.52. The van der Waals surface area contributed by atoms with Crippen molar-refractivity contribution in [2.75, 3.05) is 5.32 Å². The van der Waals surface area contributed by atoms with Crippen molar-refractivity contribution in [1.29, 1.82) is 5.26 Å². The van der Waals surface area contributed by atoms with Gasteiger partial charge in [0.2, 0.25) is 0 Å². The van der Waals surface area contributed by atoms with Crippen LogP contribution < -0.4 is 5.32 Å². The highest BCUT2D eigenvalue weighted by atomic mass is 19.1. The topological polar surface area (TPSA) is 128 Å². The maximum atomic E-state index is 14.8. The number of carbonyl (C=O) groups is 1. The van der Waals surface area contributed by atoms with Gasteiger partial charge in [-0.1, -0.05) is 0 Å². The molecule has 158 valence electrons. The summed E-state index contributed by atoms with van der Waals surface area (Å²) in [6.45, 7) is 0. The summed E-state index contributed by atoms with van der Waals surface area (Å²) in [5, 5.41) is 29.3. The molecule has 3 fully saturated rings. The number of nitrogens with zero attached hydrogens (tertiary/aromatic N) is 4. The minimum atomic E-state index is -0.901. The number of fused-ring (bicyclic) bond motifs is 4. The molecular formula is C21H18F2N6O2. The molecule has 0 aromatic carbocycles. The van der Waals surface area contributed by atoms with E-state index >= 15 is 0 Å². The number of H-pyrrole nitrogens is 1. The zero-order valence-electron chi connectivity index (χ0n) is 16.3. The van der Waals surface area contributed by atoms with E-state index in [0.29, 0.717) is 5.39 Å². The lowest BCUT2D eigenvalue weighted by Crippen LogP contribution is -2.51. The predicted octanol–water partition coefficient (Wildman–Crippen LogP) is 3.47. The third-order valence-electron chi connectivity index (χ3n) is 6.52. The van der Waals surface area contributed by atoms with Crippen LogP contribution in [0.3, 0.4) is 0 Å². The van der Waals surface area contributed by atoms with Gasteiger partial charge in [0.05, 0.1) is 28.8 Å². The zero-order chi connectivity index (χ0) is 21.7. The van der Waals surface area contributed by atoms with E-state index in [9.17, 15) is 23.9 Å². The number of carboxylic acids is 1. The highest BCUT2D eigenvalue weighted by Crippen LogP contribution is 2.46. The second kappa shape index (κ2) is 7.27. The molecule has 2 bridgehead atoms. The number of pyridine rings is 2. The molecule has 0 spiro atoms. The largest absolute Gasteiger partial charge is 0.481 e. The van der Waals surface area contributed by atoms with Crippen molar-refractivity contribution >= 4 is 22.8 Å². The summed E-state index contributed by atoms with van der Waals surface area (Å²) in [6, 6.07) is 3.70. The molecule has 2 atom stereocenters. The van der Waals surface area contributed by atoms with Gasteiger partial charge in [0, 0.05) is 6.04 Å². The number of carboxylic acid groups (broad SMARTS) is 1. The Kier molecular flexibility index (Phi) is 4.54. The fourth-order valence-electron chi connectivity index (χ4n) is 5.09. The number of nitrogens with one attached hydrogen (secondary N) is 2. The van der Waals surface area contributed by atoms with Gasteiger partial charge in [0.15, 0.2) is 17.3 Å². The van der Waals surface area contributed by atoms with Crippen molar-refractivity contribution in [3.05, 3.63) is 35.5 Å². The van der Waals surface area contributed by atoms with Gasteiger partial charge in [0.25, 0.3) is 0 Å². The van der Waals surface area contributed by atoms with Crippen LogP contribution in [-0.4, -0.2) is 37.3 Å². The normalized spacial score (nSPS) is 24.8. The van der Waals surface area contributed by atoms with Crippen molar-refractivity contribution in [1.82, 2.24) is 20.2 Å². The summed E-state index contributed by atoms with van der Waals surface area (Å²) < 4.78 is 28.6. The lowest BCUT2D eigenvalue weighted by atomic mass is 9.61. The molecule has 8 nitrogen and oxygen atoms in total. The zero-order valence-corrected chi connectivity index (χ0v) is 16.3. The summed E-state index contributed by atoms with van der Waals surface area (Å²) in [5.41, 5.74) is 0.505. The van der Waals surface area contributed by atoms with Gasteiger partial charge in [-0.25, -0.2) is 18.7 Å². The fraction of sp³-hybridized carbons (Fsp3) is 0.381. The predicted molar refractivity (Wildman–Crippen MR) is 106 cm³/mol. The Morgan fingerprint density at radius 2 is 1.97 bits per heavy atom. The molecule has 1 unspecified atom stereocenters. The van der Waals surface area contributed by atoms with Crippen LogP contribution in [0.2, 0.25) is 0 Å². The quantitative estimate of drug-likeness (QED) is 0.585. The Hall–Kier alpha value is -3.61. The van der Waals surface area contributed by atoms with Crippen LogP contribution >= 0.6 is 0 Å². The Morgan fingerprint density at radius 1 is 1.23 bits per heavy atom. The van der Waals surface area contributed by atoms with Gasteiger partial charge in [-0.2, -0.15) is 10.4 Å². The third kappa shape index (κ3) is 3.17. The van der Waals surface area contributed by atoms with Gasteiger partial charge < -0.3 is 10.4 Å². The van der Waals surface area contributed by atoms with Crippen LogP contribution in [0, 0.1) is 40.7 Å². The van der Waals surface area contributed by atoms with Gasteiger partial charge in [-0.15, -0.1) is 0 Å². The monoisotopic (exact) mass is 424 g/mol. The molecule has 3 aliphatic rings. The summed E-state index contributed by atoms with van der Waals surface area (Å²) >= 11 is 0. The van der Waals surface area contributed by atoms with Crippen molar-refractivity contribution < 1.29 is 18.7 Å². The highest BCUT2D eigenvalue weighted by molar-refractivity contribution is 5.91. The van der Waals surface area contributed by atoms with Gasteiger partial charge in [-0.3, -0.25) is 9.89 Å². The number of hydrogen-bond donors (Lipinski definition) is 3. The highest BCUT2D eigenvalue weighted by Gasteiger charge is 2.47. The summed E-state index contributed by atoms with van der Waals surface area (Å²) in [5.74, 6) is -2.84. The number of anilines is 1. The van der Waals surface area contributed by atoms with Crippen molar-refractivity contribution in [2.24, 2.45) is 17.8 Å². The first kappa shape index (κ1) is 19.4. The molecule has 10 heteroatoms. The smallest absolute Gasteiger partial charge is 0.308 e. The summed E-state index contributed by atoms with van der Waals surface area (Å²) in [4.78, 5) is 20.1. The lowest BCUT2D eigenvalue weighted by molar-refractivity contribution is -0.148. The number of nitriles is 1. The molecule has 0 amide bonds. The maximum absolute atomic E-state index is 14.8. The summed E-state index contributed by atoms with van der Waals surface area (Å²) in [6.07, 6.45) is 4.49. The van der Waals surface area contributed by atoms with Crippen LogP contribution in [0.25, 0.3) is 22.4 Å². The maximum Gasteiger partial charge on any atom is 0.308 e. The first-order chi connectivity index (χ1) is 15.0. The Morgan fingerprint density at radius 3 is 2.68 bits per heavy atom. The molecule has 0 aliphatic heterocycles. The Bertz CT molecular complexity index is 1230. The van der Waals surface area contributed by atoms with Gasteiger partial charge in [-0.05, 0) is 49.7 Å². The fourth-order valence-corrected chi connectivity index (χ4v) is 5.09. The number of hydrogen-bond acceptors (Lipinski definition) is 6. The van der Waals surface area contributed by atoms with E-state index in [1.807, 2.05) is 6.07 Å². The number of rotatable bonds is 4. The molecule has 3 aromatic heterocycles. The average molecular weight is 424 g/mol. The van der Waals surface area contributed by atoms with Crippen molar-refractivity contribution in [3.8, 4) is 17.5 Å². The van der Waals surface area contributed by atoms with E-state index in [4.69, 9.17) is 0 Å². The second-order valence-electron chi connectivity index (χ2n) is 8.16. The van der Waals surface area contributed by atoms with Crippen LogP contribution in [0.4, 0.5) is 14.6 Å². The molecule has 3 saturated carbocycles.